The lowest BCUT2D eigenvalue weighted by molar-refractivity contribution is -0.115. The van der Waals surface area contributed by atoms with Crippen LogP contribution in [0.5, 0.6) is 5.75 Å². The number of carbonyl (C=O) groups excluding carboxylic acids is 1. The number of ether oxygens (including phenoxy) is 1. The summed E-state index contributed by atoms with van der Waals surface area (Å²) in [6.45, 7) is 1.89. The number of benzene rings is 2. The zero-order chi connectivity index (χ0) is 18.7. The van der Waals surface area contributed by atoms with Gasteiger partial charge in [0.25, 0.3) is 0 Å². The van der Waals surface area contributed by atoms with Crippen molar-refractivity contribution in [1.82, 2.24) is 4.72 Å². The summed E-state index contributed by atoms with van der Waals surface area (Å²) in [5.74, 6) is 0.484. The third-order valence-electron chi connectivity index (χ3n) is 4.42. The van der Waals surface area contributed by atoms with E-state index in [1.165, 1.54) is 7.11 Å². The van der Waals surface area contributed by atoms with E-state index in [0.29, 0.717) is 29.7 Å². The smallest absolute Gasteiger partial charge is 0.241 e. The van der Waals surface area contributed by atoms with Gasteiger partial charge < -0.3 is 4.74 Å². The van der Waals surface area contributed by atoms with E-state index in [9.17, 15) is 13.2 Å². The van der Waals surface area contributed by atoms with Gasteiger partial charge in [0.1, 0.15) is 5.75 Å². The van der Waals surface area contributed by atoms with Crippen molar-refractivity contribution in [3.8, 4) is 5.75 Å². The van der Waals surface area contributed by atoms with Crippen LogP contribution in [0, 0.1) is 6.92 Å². The molecule has 0 saturated carbocycles. The van der Waals surface area contributed by atoms with E-state index in [0.717, 1.165) is 5.56 Å². The standard InChI is InChI=1S/C20H21NO4S/c1-14-10-12-15(13-11-14)26(23,24)21-20(16-7-5-8-18(16)22)17-6-3-4-9-19(17)25-2/h3-4,6-7,9-13,20-21H,5,8H2,1-2H3. The number of carbonyl (C=O) groups is 1. The lowest BCUT2D eigenvalue weighted by Crippen LogP contribution is -2.31. The maximum absolute atomic E-state index is 12.9. The molecular weight excluding hydrogens is 350 g/mol. The number of nitrogens with one attached hydrogen (secondary N) is 1. The second kappa shape index (κ2) is 7.43. The number of ketones is 1. The number of hydrogen-bond donors (Lipinski definition) is 1. The van der Waals surface area contributed by atoms with Crippen molar-refractivity contribution in [2.45, 2.75) is 30.7 Å². The molecule has 6 heteroatoms. The molecule has 0 fully saturated rings. The lowest BCUT2D eigenvalue weighted by atomic mass is 9.97. The quantitative estimate of drug-likeness (QED) is 0.845. The van der Waals surface area contributed by atoms with Crippen LogP contribution in [0.4, 0.5) is 0 Å². The maximum atomic E-state index is 12.9. The van der Waals surface area contributed by atoms with Crippen LogP contribution in [0.3, 0.4) is 0 Å². The first-order valence-corrected chi connectivity index (χ1v) is 9.86. The SMILES string of the molecule is COc1ccccc1C(NS(=O)(=O)c1ccc(C)cc1)C1=CCCC1=O. The molecule has 2 aromatic carbocycles. The Morgan fingerprint density at radius 2 is 1.77 bits per heavy atom. The van der Waals surface area contributed by atoms with E-state index >= 15 is 0 Å². The van der Waals surface area contributed by atoms with Gasteiger partial charge in [-0.25, -0.2) is 8.42 Å². The molecule has 0 bridgehead atoms. The molecule has 0 amide bonds. The van der Waals surface area contributed by atoms with Gasteiger partial charge in [0, 0.05) is 17.6 Å². The Morgan fingerprint density at radius 3 is 2.38 bits per heavy atom. The average molecular weight is 371 g/mol. The van der Waals surface area contributed by atoms with Crippen LogP contribution >= 0.6 is 0 Å². The Labute approximate surface area is 153 Å². The third-order valence-corrected chi connectivity index (χ3v) is 5.86. The highest BCUT2D eigenvalue weighted by molar-refractivity contribution is 7.89. The summed E-state index contributed by atoms with van der Waals surface area (Å²) < 4.78 is 33.9. The zero-order valence-corrected chi connectivity index (χ0v) is 15.5. The molecule has 1 unspecified atom stereocenters. The number of hydrogen-bond acceptors (Lipinski definition) is 4. The highest BCUT2D eigenvalue weighted by Gasteiger charge is 2.31. The highest BCUT2D eigenvalue weighted by atomic mass is 32.2. The molecule has 0 spiro atoms. The number of allylic oxidation sites excluding steroid dienone is 1. The van der Waals surface area contributed by atoms with Gasteiger partial charge in [-0.05, 0) is 31.5 Å². The van der Waals surface area contributed by atoms with Crippen LogP contribution in [0.15, 0.2) is 65.1 Å². The number of sulfonamides is 1. The number of Topliss-reactive ketones (excluding diaryl/α,β-unsaturated/α-hetero) is 1. The number of aryl methyl sites for hydroxylation is 1. The minimum Gasteiger partial charge on any atom is -0.496 e. The van der Waals surface area contributed by atoms with Crippen LogP contribution in [-0.2, 0) is 14.8 Å². The molecule has 1 aliphatic rings. The van der Waals surface area contributed by atoms with Gasteiger partial charge in [-0.3, -0.25) is 4.79 Å². The minimum atomic E-state index is -3.81. The van der Waals surface area contributed by atoms with Crippen LogP contribution in [0.1, 0.15) is 30.0 Å². The first-order chi connectivity index (χ1) is 12.4. The second-order valence-electron chi connectivity index (χ2n) is 6.23. The van der Waals surface area contributed by atoms with Crippen LogP contribution < -0.4 is 9.46 Å². The van der Waals surface area contributed by atoms with Gasteiger partial charge in [-0.1, -0.05) is 42.0 Å². The zero-order valence-electron chi connectivity index (χ0n) is 14.7. The van der Waals surface area contributed by atoms with Crippen molar-refractivity contribution in [2.24, 2.45) is 0 Å². The van der Waals surface area contributed by atoms with Crippen molar-refractivity contribution < 1.29 is 17.9 Å². The predicted octanol–water partition coefficient (Wildman–Crippen LogP) is 3.31. The molecule has 0 aliphatic heterocycles. The Morgan fingerprint density at radius 1 is 1.08 bits per heavy atom. The molecule has 1 N–H and O–H groups in total. The van der Waals surface area contributed by atoms with E-state index < -0.39 is 16.1 Å². The van der Waals surface area contributed by atoms with Crippen molar-refractivity contribution in [1.29, 1.82) is 0 Å². The van der Waals surface area contributed by atoms with Gasteiger partial charge in [0.05, 0.1) is 18.0 Å². The largest absolute Gasteiger partial charge is 0.496 e. The Hall–Kier alpha value is -2.44. The van der Waals surface area contributed by atoms with E-state index in [4.69, 9.17) is 4.74 Å². The monoisotopic (exact) mass is 371 g/mol. The summed E-state index contributed by atoms with van der Waals surface area (Å²) in [7, 11) is -2.29. The molecule has 2 aromatic rings. The number of methoxy groups -OCH3 is 1. The molecule has 0 heterocycles. The molecule has 1 aliphatic carbocycles. The average Bonchev–Trinajstić information content (AvgIpc) is 3.06. The second-order valence-corrected chi connectivity index (χ2v) is 7.94. The van der Waals surface area contributed by atoms with Crippen LogP contribution in [-0.4, -0.2) is 21.3 Å². The molecule has 0 radical (unpaired) electrons. The highest BCUT2D eigenvalue weighted by Crippen LogP contribution is 2.34. The van der Waals surface area contributed by atoms with Gasteiger partial charge in [0.15, 0.2) is 5.78 Å². The minimum absolute atomic E-state index is 0.0486. The molecule has 0 saturated heterocycles. The maximum Gasteiger partial charge on any atom is 0.241 e. The molecule has 26 heavy (non-hydrogen) atoms. The fraction of sp³-hybridized carbons (Fsp3) is 0.250. The number of para-hydroxylation sites is 1. The van der Waals surface area contributed by atoms with E-state index in [2.05, 4.69) is 4.72 Å². The molecule has 3 rings (SSSR count). The van der Waals surface area contributed by atoms with E-state index in [-0.39, 0.29) is 10.7 Å². The topological polar surface area (TPSA) is 72.5 Å². The molecule has 1 atom stereocenters. The molecule has 5 nitrogen and oxygen atoms in total. The summed E-state index contributed by atoms with van der Waals surface area (Å²) in [5, 5.41) is 0. The van der Waals surface area contributed by atoms with Gasteiger partial charge >= 0.3 is 0 Å². The van der Waals surface area contributed by atoms with Crippen molar-refractivity contribution in [3.05, 3.63) is 71.3 Å². The summed E-state index contributed by atoms with van der Waals surface area (Å²) >= 11 is 0. The van der Waals surface area contributed by atoms with Crippen LogP contribution in [0.2, 0.25) is 0 Å². The molecule has 0 aromatic heterocycles. The third kappa shape index (κ3) is 3.71. The Bertz CT molecular complexity index is 946. The summed E-state index contributed by atoms with van der Waals surface area (Å²) in [6.07, 6.45) is 2.82. The molecular formula is C20H21NO4S. The summed E-state index contributed by atoms with van der Waals surface area (Å²) in [6, 6.07) is 12.9. The fourth-order valence-electron chi connectivity index (χ4n) is 3.04. The van der Waals surface area contributed by atoms with Crippen molar-refractivity contribution >= 4 is 15.8 Å². The summed E-state index contributed by atoms with van der Waals surface area (Å²) in [4.78, 5) is 12.5. The van der Waals surface area contributed by atoms with E-state index in [1.54, 1.807) is 54.6 Å². The fourth-order valence-corrected chi connectivity index (χ4v) is 4.23. The lowest BCUT2D eigenvalue weighted by Gasteiger charge is -2.22. The van der Waals surface area contributed by atoms with Gasteiger partial charge in [0.2, 0.25) is 10.0 Å². The van der Waals surface area contributed by atoms with Gasteiger partial charge in [-0.15, -0.1) is 0 Å². The number of rotatable bonds is 6. The first kappa shape index (κ1) is 18.4. The van der Waals surface area contributed by atoms with Gasteiger partial charge in [-0.2, -0.15) is 4.72 Å². The van der Waals surface area contributed by atoms with Crippen molar-refractivity contribution in [2.75, 3.05) is 7.11 Å². The van der Waals surface area contributed by atoms with E-state index in [1.807, 2.05) is 6.92 Å². The molecule has 136 valence electrons. The van der Waals surface area contributed by atoms with Crippen molar-refractivity contribution in [3.63, 3.8) is 0 Å². The Balaban J connectivity index is 2.04. The Kier molecular flexibility index (Phi) is 5.25. The normalized spacial score (nSPS) is 15.6. The van der Waals surface area contributed by atoms with Crippen LogP contribution in [0.25, 0.3) is 0 Å². The predicted molar refractivity (Wildman–Crippen MR) is 99.6 cm³/mol. The summed E-state index contributed by atoms with van der Waals surface area (Å²) in [5.41, 5.74) is 2.05. The first-order valence-electron chi connectivity index (χ1n) is 8.37.